The molecule has 0 bridgehead atoms. The number of nitrogens with two attached hydrogens (primary N) is 1. The van der Waals surface area contributed by atoms with Gasteiger partial charge < -0.3 is 10.5 Å². The average molecular weight is 241 g/mol. The number of rotatable bonds is 5. The highest BCUT2D eigenvalue weighted by Gasteiger charge is 2.05. The third-order valence-electron chi connectivity index (χ3n) is 2.95. The van der Waals surface area contributed by atoms with E-state index in [1.54, 1.807) is 0 Å². The smallest absolute Gasteiger partial charge is 0.119 e. The third-order valence-corrected chi connectivity index (χ3v) is 2.95. The predicted octanol–water partition coefficient (Wildman–Crippen LogP) is 3.46. The summed E-state index contributed by atoms with van der Waals surface area (Å²) >= 11 is 0. The molecular weight excluding hydrogens is 222 g/mol. The molecule has 0 aliphatic carbocycles. The predicted molar refractivity (Wildman–Crippen MR) is 74.7 cm³/mol. The average Bonchev–Trinajstić information content (AvgIpc) is 2.40. The second-order valence-electron chi connectivity index (χ2n) is 4.47. The quantitative estimate of drug-likeness (QED) is 0.870. The summed E-state index contributed by atoms with van der Waals surface area (Å²) in [7, 11) is 0. The first-order chi connectivity index (χ1) is 8.75. The van der Waals surface area contributed by atoms with E-state index in [9.17, 15) is 0 Å². The minimum Gasteiger partial charge on any atom is -0.494 e. The van der Waals surface area contributed by atoms with Crippen molar-refractivity contribution in [1.29, 1.82) is 0 Å². The Balaban J connectivity index is 1.81. The highest BCUT2D eigenvalue weighted by Crippen LogP contribution is 2.16. The van der Waals surface area contributed by atoms with Gasteiger partial charge in [-0.15, -0.1) is 0 Å². The molecule has 0 heterocycles. The Kier molecular flexibility index (Phi) is 4.37. The van der Waals surface area contributed by atoms with Gasteiger partial charge in [0.25, 0.3) is 0 Å². The van der Waals surface area contributed by atoms with Crippen molar-refractivity contribution in [2.24, 2.45) is 5.73 Å². The van der Waals surface area contributed by atoms with Crippen molar-refractivity contribution in [3.63, 3.8) is 0 Å². The van der Waals surface area contributed by atoms with Crippen LogP contribution in [0, 0.1) is 6.92 Å². The van der Waals surface area contributed by atoms with Crippen LogP contribution in [0.2, 0.25) is 0 Å². The van der Waals surface area contributed by atoms with Gasteiger partial charge in [-0.05, 0) is 24.6 Å². The summed E-state index contributed by atoms with van der Waals surface area (Å²) in [6, 6.07) is 18.2. The lowest BCUT2D eigenvalue weighted by Gasteiger charge is -2.13. The maximum absolute atomic E-state index is 6.13. The van der Waals surface area contributed by atoms with Gasteiger partial charge in [-0.3, -0.25) is 0 Å². The molecule has 2 N–H and O–H groups in total. The Labute approximate surface area is 108 Å². The molecule has 0 saturated heterocycles. The number of hydrogen-bond acceptors (Lipinski definition) is 2. The summed E-state index contributed by atoms with van der Waals surface area (Å²) in [6.45, 7) is 2.72. The van der Waals surface area contributed by atoms with Crippen molar-refractivity contribution in [2.75, 3.05) is 6.61 Å². The van der Waals surface area contributed by atoms with Crippen LogP contribution < -0.4 is 10.5 Å². The van der Waals surface area contributed by atoms with Gasteiger partial charge in [-0.1, -0.05) is 48.0 Å². The Morgan fingerprint density at radius 1 is 1.00 bits per heavy atom. The summed E-state index contributed by atoms with van der Waals surface area (Å²) in [5, 5.41) is 0. The van der Waals surface area contributed by atoms with Crippen LogP contribution >= 0.6 is 0 Å². The van der Waals surface area contributed by atoms with Crippen LogP contribution in [0.1, 0.15) is 23.6 Å². The number of para-hydroxylation sites is 1. The maximum atomic E-state index is 6.13. The van der Waals surface area contributed by atoms with Crippen LogP contribution in [0.5, 0.6) is 5.75 Å². The molecule has 0 radical (unpaired) electrons. The van der Waals surface area contributed by atoms with E-state index in [2.05, 4.69) is 31.2 Å². The molecule has 0 spiro atoms. The van der Waals surface area contributed by atoms with Gasteiger partial charge in [-0.2, -0.15) is 0 Å². The monoisotopic (exact) mass is 241 g/mol. The van der Waals surface area contributed by atoms with Gasteiger partial charge in [0.1, 0.15) is 5.75 Å². The fraction of sp³-hybridized carbons (Fsp3) is 0.250. The zero-order valence-corrected chi connectivity index (χ0v) is 10.7. The Morgan fingerprint density at radius 3 is 2.33 bits per heavy atom. The number of benzene rings is 2. The van der Waals surface area contributed by atoms with Crippen LogP contribution in [-0.4, -0.2) is 6.61 Å². The second kappa shape index (κ2) is 6.22. The normalized spacial score (nSPS) is 12.1. The molecule has 0 amide bonds. The van der Waals surface area contributed by atoms with Gasteiger partial charge in [0.15, 0.2) is 0 Å². The molecule has 0 fully saturated rings. The van der Waals surface area contributed by atoms with Gasteiger partial charge in [-0.25, -0.2) is 0 Å². The summed E-state index contributed by atoms with van der Waals surface area (Å²) in [4.78, 5) is 0. The number of ether oxygens (including phenoxy) is 1. The molecule has 2 nitrogen and oxygen atoms in total. The van der Waals surface area contributed by atoms with Crippen molar-refractivity contribution in [1.82, 2.24) is 0 Å². The molecule has 2 aromatic rings. The molecule has 18 heavy (non-hydrogen) atoms. The molecule has 2 aromatic carbocycles. The fourth-order valence-corrected chi connectivity index (χ4v) is 1.80. The van der Waals surface area contributed by atoms with Crippen LogP contribution in [0.4, 0.5) is 0 Å². The highest BCUT2D eigenvalue weighted by atomic mass is 16.5. The summed E-state index contributed by atoms with van der Waals surface area (Å²) < 4.78 is 5.64. The maximum Gasteiger partial charge on any atom is 0.119 e. The molecule has 0 aliphatic rings. The Hall–Kier alpha value is -1.80. The fourth-order valence-electron chi connectivity index (χ4n) is 1.80. The van der Waals surface area contributed by atoms with Crippen molar-refractivity contribution < 1.29 is 4.74 Å². The highest BCUT2D eigenvalue weighted by molar-refractivity contribution is 5.24. The van der Waals surface area contributed by atoms with E-state index in [4.69, 9.17) is 10.5 Å². The molecule has 94 valence electrons. The number of hydrogen-bond donors (Lipinski definition) is 1. The van der Waals surface area contributed by atoms with Gasteiger partial charge in [0.2, 0.25) is 0 Å². The van der Waals surface area contributed by atoms with Gasteiger partial charge in [0.05, 0.1) is 6.61 Å². The molecule has 0 saturated carbocycles. The second-order valence-corrected chi connectivity index (χ2v) is 4.47. The number of aryl methyl sites for hydroxylation is 1. The first-order valence-electron chi connectivity index (χ1n) is 6.26. The molecule has 2 heteroatoms. The molecule has 0 aliphatic heterocycles. The van der Waals surface area contributed by atoms with Gasteiger partial charge >= 0.3 is 0 Å². The summed E-state index contributed by atoms with van der Waals surface area (Å²) in [5.41, 5.74) is 8.55. The van der Waals surface area contributed by atoms with Crippen LogP contribution in [0.3, 0.4) is 0 Å². The van der Waals surface area contributed by atoms with E-state index in [0.717, 1.165) is 17.7 Å². The first-order valence-corrected chi connectivity index (χ1v) is 6.26. The zero-order valence-electron chi connectivity index (χ0n) is 10.7. The lowest BCUT2D eigenvalue weighted by atomic mass is 10.0. The molecule has 1 unspecified atom stereocenters. The van der Waals surface area contributed by atoms with Crippen molar-refractivity contribution in [2.45, 2.75) is 19.4 Å². The van der Waals surface area contributed by atoms with Crippen molar-refractivity contribution in [3.8, 4) is 5.75 Å². The van der Waals surface area contributed by atoms with Crippen molar-refractivity contribution in [3.05, 3.63) is 65.7 Å². The summed E-state index contributed by atoms with van der Waals surface area (Å²) in [6.07, 6.45) is 0.817. The summed E-state index contributed by atoms with van der Waals surface area (Å²) in [5.74, 6) is 0.897. The minimum atomic E-state index is 0.0364. The molecular formula is C16H19NO. The molecule has 1 atom stereocenters. The van der Waals surface area contributed by atoms with E-state index in [-0.39, 0.29) is 6.04 Å². The Morgan fingerprint density at radius 2 is 1.67 bits per heavy atom. The first kappa shape index (κ1) is 12.7. The largest absolute Gasteiger partial charge is 0.494 e. The minimum absolute atomic E-state index is 0.0364. The van der Waals surface area contributed by atoms with E-state index in [0.29, 0.717) is 6.61 Å². The van der Waals surface area contributed by atoms with E-state index in [1.165, 1.54) is 5.56 Å². The Bertz CT molecular complexity index is 464. The van der Waals surface area contributed by atoms with Crippen LogP contribution in [-0.2, 0) is 0 Å². The molecule has 0 aromatic heterocycles. The van der Waals surface area contributed by atoms with Crippen molar-refractivity contribution >= 4 is 0 Å². The van der Waals surface area contributed by atoms with E-state index < -0.39 is 0 Å². The SMILES string of the molecule is Cc1ccc(C(N)CCOc2ccccc2)cc1. The van der Waals surface area contributed by atoms with Crippen LogP contribution in [0.25, 0.3) is 0 Å². The topological polar surface area (TPSA) is 35.2 Å². The molecule has 2 rings (SSSR count). The standard InChI is InChI=1S/C16H19NO/c1-13-7-9-14(10-8-13)16(17)11-12-18-15-5-3-2-4-6-15/h2-10,16H,11-12,17H2,1H3. The van der Waals surface area contributed by atoms with Crippen LogP contribution in [0.15, 0.2) is 54.6 Å². The van der Waals surface area contributed by atoms with E-state index in [1.807, 2.05) is 30.3 Å². The zero-order chi connectivity index (χ0) is 12.8. The lowest BCUT2D eigenvalue weighted by molar-refractivity contribution is 0.298. The lowest BCUT2D eigenvalue weighted by Crippen LogP contribution is -2.14. The van der Waals surface area contributed by atoms with Gasteiger partial charge in [0, 0.05) is 12.5 Å². The third kappa shape index (κ3) is 3.60. The van der Waals surface area contributed by atoms with E-state index >= 15 is 0 Å².